The number of nitrogens with zero attached hydrogens (tertiary/aromatic N) is 2. The van der Waals surface area contributed by atoms with Crippen molar-refractivity contribution in [2.45, 2.75) is 13.0 Å². The predicted molar refractivity (Wildman–Crippen MR) is 59.1 cm³/mol. The van der Waals surface area contributed by atoms with E-state index in [0.717, 1.165) is 11.1 Å². The second-order valence-corrected chi connectivity index (χ2v) is 3.52. The Balaban J connectivity index is 2.14. The molecule has 0 bridgehead atoms. The van der Waals surface area contributed by atoms with E-state index in [1.165, 1.54) is 12.1 Å². The van der Waals surface area contributed by atoms with Crippen molar-refractivity contribution in [3.05, 3.63) is 59.4 Å². The lowest BCUT2D eigenvalue weighted by Crippen LogP contribution is -2.01. The summed E-state index contributed by atoms with van der Waals surface area (Å²) in [6.45, 7) is 0.431. The van der Waals surface area contributed by atoms with Crippen LogP contribution in [0.25, 0.3) is 0 Å². The zero-order valence-electron chi connectivity index (χ0n) is 8.73. The summed E-state index contributed by atoms with van der Waals surface area (Å²) in [5.74, 6) is 0.430. The molecule has 0 aliphatic carbocycles. The van der Waals surface area contributed by atoms with E-state index in [1.54, 1.807) is 18.5 Å². The smallest absolute Gasteiger partial charge is 0.132 e. The molecule has 16 heavy (non-hydrogen) atoms. The molecular formula is C12H12FN3. The number of rotatable bonds is 3. The summed E-state index contributed by atoms with van der Waals surface area (Å²) in [5, 5.41) is 0. The Morgan fingerprint density at radius 1 is 1.12 bits per heavy atom. The third-order valence-electron chi connectivity index (χ3n) is 2.25. The van der Waals surface area contributed by atoms with Gasteiger partial charge in [0, 0.05) is 30.9 Å². The van der Waals surface area contributed by atoms with Gasteiger partial charge in [0.25, 0.3) is 0 Å². The van der Waals surface area contributed by atoms with Crippen molar-refractivity contribution in [3.63, 3.8) is 0 Å². The largest absolute Gasteiger partial charge is 0.326 e. The number of hydrogen-bond donors (Lipinski definition) is 1. The zero-order chi connectivity index (χ0) is 11.4. The fraction of sp³-hybridized carbons (Fsp3) is 0.167. The van der Waals surface area contributed by atoms with Gasteiger partial charge in [-0.05, 0) is 17.7 Å². The number of aromatic nitrogens is 2. The van der Waals surface area contributed by atoms with Gasteiger partial charge in [0.1, 0.15) is 11.6 Å². The Morgan fingerprint density at radius 2 is 1.88 bits per heavy atom. The summed E-state index contributed by atoms with van der Waals surface area (Å²) in [7, 11) is 0. The van der Waals surface area contributed by atoms with Crippen molar-refractivity contribution in [1.82, 2.24) is 9.97 Å². The number of nitrogens with two attached hydrogens (primary N) is 1. The molecule has 0 spiro atoms. The first-order valence-corrected chi connectivity index (χ1v) is 5.02. The predicted octanol–water partition coefficient (Wildman–Crippen LogP) is 1.67. The van der Waals surface area contributed by atoms with Crippen molar-refractivity contribution >= 4 is 0 Å². The Bertz CT molecular complexity index is 468. The minimum Gasteiger partial charge on any atom is -0.326 e. The maximum atomic E-state index is 12.9. The topological polar surface area (TPSA) is 51.8 Å². The van der Waals surface area contributed by atoms with E-state index < -0.39 is 0 Å². The van der Waals surface area contributed by atoms with Crippen molar-refractivity contribution in [1.29, 1.82) is 0 Å². The maximum absolute atomic E-state index is 12.9. The Hall–Kier alpha value is -1.81. The molecule has 1 heterocycles. The van der Waals surface area contributed by atoms with Crippen molar-refractivity contribution in [2.75, 3.05) is 0 Å². The molecule has 0 amide bonds. The number of halogens is 1. The summed E-state index contributed by atoms with van der Waals surface area (Å²) in [6.07, 6.45) is 3.92. The highest BCUT2D eigenvalue weighted by molar-refractivity contribution is 5.20. The van der Waals surface area contributed by atoms with E-state index in [9.17, 15) is 4.39 Å². The van der Waals surface area contributed by atoms with Gasteiger partial charge in [-0.1, -0.05) is 12.1 Å². The molecule has 0 saturated heterocycles. The molecule has 1 aromatic heterocycles. The van der Waals surface area contributed by atoms with Gasteiger partial charge in [-0.2, -0.15) is 0 Å². The maximum Gasteiger partial charge on any atom is 0.132 e. The van der Waals surface area contributed by atoms with E-state index in [1.807, 2.05) is 6.07 Å². The Morgan fingerprint density at radius 3 is 2.50 bits per heavy atom. The van der Waals surface area contributed by atoms with Crippen LogP contribution in [-0.4, -0.2) is 9.97 Å². The van der Waals surface area contributed by atoms with E-state index in [2.05, 4.69) is 9.97 Å². The highest BCUT2D eigenvalue weighted by Crippen LogP contribution is 2.07. The van der Waals surface area contributed by atoms with Crippen molar-refractivity contribution in [2.24, 2.45) is 5.73 Å². The van der Waals surface area contributed by atoms with Gasteiger partial charge in [0.05, 0.1) is 0 Å². The second kappa shape index (κ2) is 4.81. The van der Waals surface area contributed by atoms with Gasteiger partial charge >= 0.3 is 0 Å². The van der Waals surface area contributed by atoms with E-state index in [4.69, 9.17) is 5.73 Å². The van der Waals surface area contributed by atoms with Crippen LogP contribution in [0.3, 0.4) is 0 Å². The first-order valence-electron chi connectivity index (χ1n) is 5.02. The molecule has 3 nitrogen and oxygen atoms in total. The van der Waals surface area contributed by atoms with Gasteiger partial charge in [-0.15, -0.1) is 0 Å². The molecule has 0 unspecified atom stereocenters. The summed E-state index contributed by atoms with van der Waals surface area (Å²) in [6, 6.07) is 6.43. The summed E-state index contributed by atoms with van der Waals surface area (Å²) in [5.41, 5.74) is 7.20. The van der Waals surface area contributed by atoms with Crippen LogP contribution < -0.4 is 5.73 Å². The molecular weight excluding hydrogens is 205 g/mol. The minimum atomic E-state index is -0.240. The zero-order valence-corrected chi connectivity index (χ0v) is 8.73. The molecule has 0 aliphatic rings. The lowest BCUT2D eigenvalue weighted by Gasteiger charge is -2.01. The molecule has 82 valence electrons. The minimum absolute atomic E-state index is 0.240. The highest BCUT2D eigenvalue weighted by Gasteiger charge is 2.00. The van der Waals surface area contributed by atoms with E-state index >= 15 is 0 Å². The molecule has 2 N–H and O–H groups in total. The molecule has 0 radical (unpaired) electrons. The fourth-order valence-corrected chi connectivity index (χ4v) is 1.41. The summed E-state index contributed by atoms with van der Waals surface area (Å²) >= 11 is 0. The van der Waals surface area contributed by atoms with Crippen LogP contribution in [-0.2, 0) is 13.0 Å². The van der Waals surface area contributed by atoms with Crippen molar-refractivity contribution in [3.8, 4) is 0 Å². The van der Waals surface area contributed by atoms with Gasteiger partial charge in [0.2, 0.25) is 0 Å². The van der Waals surface area contributed by atoms with Crippen LogP contribution >= 0.6 is 0 Å². The molecule has 0 atom stereocenters. The third-order valence-corrected chi connectivity index (χ3v) is 2.25. The highest BCUT2D eigenvalue weighted by atomic mass is 19.1. The van der Waals surface area contributed by atoms with Gasteiger partial charge < -0.3 is 5.73 Å². The van der Waals surface area contributed by atoms with Crippen molar-refractivity contribution < 1.29 is 4.39 Å². The molecule has 1 aromatic carbocycles. The molecule has 2 rings (SSSR count). The average molecular weight is 217 g/mol. The standard InChI is InChI=1S/C12H12FN3/c13-11-3-1-2-9(4-11)5-12-15-7-10(6-14)8-16-12/h1-4,7-8H,5-6,14H2. The lowest BCUT2D eigenvalue weighted by molar-refractivity contribution is 0.625. The first-order chi connectivity index (χ1) is 7.78. The van der Waals surface area contributed by atoms with Gasteiger partial charge in [-0.3, -0.25) is 0 Å². The third kappa shape index (κ3) is 2.61. The van der Waals surface area contributed by atoms with Crippen LogP contribution in [0.4, 0.5) is 4.39 Å². The normalized spacial score (nSPS) is 10.4. The van der Waals surface area contributed by atoms with Crippen LogP contribution in [0.15, 0.2) is 36.7 Å². The number of benzene rings is 1. The van der Waals surface area contributed by atoms with Gasteiger partial charge in [-0.25, -0.2) is 14.4 Å². The first kappa shape index (κ1) is 10.7. The Labute approximate surface area is 93.2 Å². The lowest BCUT2D eigenvalue weighted by atomic mass is 10.1. The van der Waals surface area contributed by atoms with Crippen LogP contribution in [0, 0.1) is 5.82 Å². The van der Waals surface area contributed by atoms with Crippen LogP contribution in [0.5, 0.6) is 0 Å². The van der Waals surface area contributed by atoms with Gasteiger partial charge in [0.15, 0.2) is 0 Å². The Kier molecular flexibility index (Phi) is 3.22. The quantitative estimate of drug-likeness (QED) is 0.850. The average Bonchev–Trinajstić information content (AvgIpc) is 2.30. The second-order valence-electron chi connectivity index (χ2n) is 3.52. The summed E-state index contributed by atoms with van der Waals surface area (Å²) < 4.78 is 12.9. The van der Waals surface area contributed by atoms with E-state index in [-0.39, 0.29) is 5.82 Å². The SMILES string of the molecule is NCc1cnc(Cc2cccc(F)c2)nc1. The molecule has 2 aromatic rings. The fourth-order valence-electron chi connectivity index (χ4n) is 1.41. The molecule has 0 fully saturated rings. The molecule has 4 heteroatoms. The van der Waals surface area contributed by atoms with Crippen LogP contribution in [0.1, 0.15) is 17.0 Å². The van der Waals surface area contributed by atoms with E-state index in [0.29, 0.717) is 18.8 Å². The molecule has 0 aliphatic heterocycles. The summed E-state index contributed by atoms with van der Waals surface area (Å²) in [4.78, 5) is 8.32. The molecule has 0 saturated carbocycles. The monoisotopic (exact) mass is 217 g/mol. The van der Waals surface area contributed by atoms with Crippen LogP contribution in [0.2, 0.25) is 0 Å². The number of hydrogen-bond acceptors (Lipinski definition) is 3.